The highest BCUT2D eigenvalue weighted by Gasteiger charge is 2.62. The molecule has 0 aromatic heterocycles. The normalized spacial score (nSPS) is 35.5. The molecule has 1 aromatic carbocycles. The second kappa shape index (κ2) is 6.78. The van der Waals surface area contributed by atoms with Gasteiger partial charge in [0.1, 0.15) is 24.1 Å². The topological polar surface area (TPSA) is 108 Å². The predicted molar refractivity (Wildman–Crippen MR) is 96.4 cm³/mol. The molecule has 152 valence electrons. The summed E-state index contributed by atoms with van der Waals surface area (Å²) in [5, 5.41) is 13.7. The number of nitrogens with one attached hydrogen (secondary N) is 1. The second-order valence-electron chi connectivity index (χ2n) is 7.88. The van der Waals surface area contributed by atoms with Crippen molar-refractivity contribution < 1.29 is 33.6 Å². The van der Waals surface area contributed by atoms with Gasteiger partial charge in [0.15, 0.2) is 24.0 Å². The summed E-state index contributed by atoms with van der Waals surface area (Å²) in [5.74, 6) is -2.19. The number of phenols is 1. The molecular formula is C19H24N2O7. The van der Waals surface area contributed by atoms with Crippen molar-refractivity contribution in [2.24, 2.45) is 5.10 Å². The number of ether oxygens (including phenoxy) is 5. The first-order valence-electron chi connectivity index (χ1n) is 9.13. The fourth-order valence-electron chi connectivity index (χ4n) is 3.65. The van der Waals surface area contributed by atoms with Crippen molar-refractivity contribution in [1.29, 1.82) is 0 Å². The van der Waals surface area contributed by atoms with Crippen LogP contribution in [0.1, 0.15) is 33.3 Å². The number of phenolic OH excluding ortho intramolecular Hbond substituents is 1. The first-order chi connectivity index (χ1) is 13.2. The lowest BCUT2D eigenvalue weighted by Gasteiger charge is -2.36. The number of fused-ring (bicyclic) bond motifs is 3. The summed E-state index contributed by atoms with van der Waals surface area (Å²) in [6.45, 7) is 7.09. The highest BCUT2D eigenvalue weighted by atomic mass is 16.9. The van der Waals surface area contributed by atoms with Gasteiger partial charge in [-0.1, -0.05) is 12.1 Å². The van der Waals surface area contributed by atoms with Crippen LogP contribution in [0.15, 0.2) is 29.4 Å². The molecule has 3 heterocycles. The van der Waals surface area contributed by atoms with Gasteiger partial charge in [-0.05, 0) is 39.8 Å². The van der Waals surface area contributed by atoms with E-state index in [4.69, 9.17) is 23.7 Å². The van der Waals surface area contributed by atoms with Crippen molar-refractivity contribution in [3.8, 4) is 5.75 Å². The van der Waals surface area contributed by atoms with Gasteiger partial charge in [-0.15, -0.1) is 0 Å². The van der Waals surface area contributed by atoms with Gasteiger partial charge < -0.3 is 28.8 Å². The molecule has 0 bridgehead atoms. The molecule has 4 rings (SSSR count). The number of aromatic hydroxyl groups is 1. The third kappa shape index (κ3) is 3.63. The van der Waals surface area contributed by atoms with Gasteiger partial charge in [0, 0.05) is 5.56 Å². The van der Waals surface area contributed by atoms with Crippen LogP contribution >= 0.6 is 0 Å². The molecular weight excluding hydrogens is 368 g/mol. The molecule has 1 aromatic rings. The molecule has 1 amide bonds. The Hall–Kier alpha value is -2.04. The maximum Gasteiger partial charge on any atom is 0.272 e. The maximum absolute atomic E-state index is 12.7. The summed E-state index contributed by atoms with van der Waals surface area (Å²) in [5.41, 5.74) is 2.90. The van der Waals surface area contributed by atoms with Crippen LogP contribution in [0.2, 0.25) is 0 Å². The summed E-state index contributed by atoms with van der Waals surface area (Å²) >= 11 is 0. The fraction of sp³-hybridized carbons (Fsp3) is 0.579. The number of hydrogen-bond donors (Lipinski definition) is 2. The molecule has 0 spiro atoms. The van der Waals surface area contributed by atoms with E-state index in [1.54, 1.807) is 45.9 Å². The number of benzene rings is 1. The standard InChI is InChI=1S/C19H24N2O7/c1-18(2)25-12-13(26-18)15-17(28-19(3,4)27-15)24-14(12)16(23)21-20-9-10-7-5-6-8-11(10)22/h5-9,12-15,17,22H,1-4H3,(H,21,23)/b20-9+/t12-,13-,14-,15+,17?/m0/s1. The Morgan fingerprint density at radius 2 is 1.68 bits per heavy atom. The van der Waals surface area contributed by atoms with Crippen LogP contribution < -0.4 is 5.43 Å². The Morgan fingerprint density at radius 3 is 2.43 bits per heavy atom. The molecule has 3 saturated heterocycles. The van der Waals surface area contributed by atoms with Crippen LogP contribution in [0.3, 0.4) is 0 Å². The first kappa shape index (κ1) is 19.3. The first-order valence-corrected chi connectivity index (χ1v) is 9.13. The number of rotatable bonds is 3. The molecule has 2 N–H and O–H groups in total. The third-order valence-corrected chi connectivity index (χ3v) is 4.73. The molecule has 0 aliphatic carbocycles. The highest BCUT2D eigenvalue weighted by molar-refractivity contribution is 5.86. The molecule has 9 heteroatoms. The smallest absolute Gasteiger partial charge is 0.272 e. The van der Waals surface area contributed by atoms with Gasteiger partial charge in [-0.25, -0.2) is 5.43 Å². The van der Waals surface area contributed by atoms with E-state index in [9.17, 15) is 9.90 Å². The molecule has 0 radical (unpaired) electrons. The lowest BCUT2D eigenvalue weighted by atomic mass is 9.98. The molecule has 1 unspecified atom stereocenters. The third-order valence-electron chi connectivity index (χ3n) is 4.73. The minimum Gasteiger partial charge on any atom is -0.507 e. The fourth-order valence-corrected chi connectivity index (χ4v) is 3.65. The van der Waals surface area contributed by atoms with Crippen LogP contribution in [-0.4, -0.2) is 59.5 Å². The Labute approximate surface area is 162 Å². The number of para-hydroxylation sites is 1. The average Bonchev–Trinajstić information content (AvgIpc) is 3.09. The van der Waals surface area contributed by atoms with Gasteiger partial charge >= 0.3 is 0 Å². The van der Waals surface area contributed by atoms with Crippen LogP contribution in [0.4, 0.5) is 0 Å². The van der Waals surface area contributed by atoms with Crippen LogP contribution in [0, 0.1) is 0 Å². The van der Waals surface area contributed by atoms with Crippen LogP contribution in [-0.2, 0) is 28.5 Å². The van der Waals surface area contributed by atoms with Crippen molar-refractivity contribution in [3.05, 3.63) is 29.8 Å². The molecule has 5 atom stereocenters. The highest BCUT2D eigenvalue weighted by Crippen LogP contribution is 2.44. The second-order valence-corrected chi connectivity index (χ2v) is 7.88. The summed E-state index contributed by atoms with van der Waals surface area (Å²) in [6, 6.07) is 6.65. The largest absolute Gasteiger partial charge is 0.507 e. The summed E-state index contributed by atoms with van der Waals surface area (Å²) in [4.78, 5) is 12.7. The summed E-state index contributed by atoms with van der Waals surface area (Å²) in [7, 11) is 0. The molecule has 9 nitrogen and oxygen atoms in total. The zero-order chi connectivity index (χ0) is 20.1. The van der Waals surface area contributed by atoms with E-state index in [1.807, 2.05) is 0 Å². The Morgan fingerprint density at radius 1 is 1.04 bits per heavy atom. The van der Waals surface area contributed by atoms with Crippen molar-refractivity contribution in [3.63, 3.8) is 0 Å². The van der Waals surface area contributed by atoms with Crippen molar-refractivity contribution in [2.75, 3.05) is 0 Å². The Kier molecular flexibility index (Phi) is 4.67. The van der Waals surface area contributed by atoms with E-state index in [0.29, 0.717) is 5.56 Å². The quantitative estimate of drug-likeness (QED) is 0.589. The zero-order valence-electron chi connectivity index (χ0n) is 16.1. The van der Waals surface area contributed by atoms with Crippen molar-refractivity contribution in [1.82, 2.24) is 5.43 Å². The van der Waals surface area contributed by atoms with Gasteiger partial charge in [-0.3, -0.25) is 4.79 Å². The lowest BCUT2D eigenvalue weighted by Crippen LogP contribution is -2.59. The molecule has 3 aliphatic heterocycles. The van der Waals surface area contributed by atoms with E-state index >= 15 is 0 Å². The van der Waals surface area contributed by atoms with Crippen LogP contribution in [0.25, 0.3) is 0 Å². The minimum absolute atomic E-state index is 0.0605. The Bertz CT molecular complexity index is 794. The van der Waals surface area contributed by atoms with E-state index < -0.39 is 48.2 Å². The summed E-state index contributed by atoms with van der Waals surface area (Å²) in [6.07, 6.45) is -2.10. The van der Waals surface area contributed by atoms with E-state index in [-0.39, 0.29) is 5.75 Å². The molecule has 3 aliphatic rings. The predicted octanol–water partition coefficient (Wildman–Crippen LogP) is 1.24. The van der Waals surface area contributed by atoms with E-state index in [1.165, 1.54) is 12.3 Å². The molecule has 0 saturated carbocycles. The Balaban J connectivity index is 1.50. The number of amides is 1. The van der Waals surface area contributed by atoms with Gasteiger partial charge in [0.2, 0.25) is 0 Å². The molecule has 28 heavy (non-hydrogen) atoms. The van der Waals surface area contributed by atoms with Crippen molar-refractivity contribution >= 4 is 12.1 Å². The zero-order valence-corrected chi connectivity index (χ0v) is 16.1. The SMILES string of the molecule is CC1(C)O[C@H]2[C@H](O1)[C@H]1OC(C)(C)OC1O[C@@H]2C(=O)N/N=C/c1ccccc1O. The number of hydrazone groups is 1. The van der Waals surface area contributed by atoms with E-state index in [0.717, 1.165) is 0 Å². The molecule has 3 fully saturated rings. The number of nitrogens with zero attached hydrogens (tertiary/aromatic N) is 1. The van der Waals surface area contributed by atoms with Gasteiger partial charge in [0.25, 0.3) is 5.91 Å². The van der Waals surface area contributed by atoms with E-state index in [2.05, 4.69) is 10.5 Å². The minimum atomic E-state index is -0.993. The van der Waals surface area contributed by atoms with Gasteiger partial charge in [0.05, 0.1) is 6.21 Å². The monoisotopic (exact) mass is 392 g/mol. The van der Waals surface area contributed by atoms with Crippen molar-refractivity contribution in [2.45, 2.75) is 70.0 Å². The summed E-state index contributed by atoms with van der Waals surface area (Å²) < 4.78 is 29.4. The van der Waals surface area contributed by atoms with Crippen LogP contribution in [0.5, 0.6) is 5.75 Å². The maximum atomic E-state index is 12.7. The lowest BCUT2D eigenvalue weighted by molar-refractivity contribution is -0.231. The average molecular weight is 392 g/mol. The van der Waals surface area contributed by atoms with Gasteiger partial charge in [-0.2, -0.15) is 5.10 Å². The number of carbonyl (C=O) groups excluding carboxylic acids is 1. The number of hydrogen-bond acceptors (Lipinski definition) is 8. The number of carbonyl (C=O) groups is 1.